The maximum atomic E-state index is 14.3. The predicted molar refractivity (Wildman–Crippen MR) is 145 cm³/mol. The molecule has 0 aromatic heterocycles. The first-order chi connectivity index (χ1) is 18.6. The van der Waals surface area contributed by atoms with Crippen LogP contribution in [0.15, 0.2) is 60.7 Å². The van der Waals surface area contributed by atoms with Crippen LogP contribution in [0, 0.1) is 5.92 Å². The van der Waals surface area contributed by atoms with Gasteiger partial charge in [0, 0.05) is 35.8 Å². The van der Waals surface area contributed by atoms with Crippen LogP contribution in [-0.2, 0) is 23.2 Å². The van der Waals surface area contributed by atoms with E-state index in [1.807, 2.05) is 59.5 Å². The van der Waals surface area contributed by atoms with E-state index < -0.39 is 5.41 Å². The molecule has 38 heavy (non-hydrogen) atoms. The van der Waals surface area contributed by atoms with E-state index in [9.17, 15) is 9.59 Å². The molecule has 1 aliphatic carbocycles. The zero-order valence-electron chi connectivity index (χ0n) is 21.5. The number of hydrogen-bond donors (Lipinski definition) is 1. The first kappa shape index (κ1) is 23.3. The smallest absolute Gasteiger partial charge is 0.251 e. The fraction of sp³-hybridized carbons (Fsp3) is 0.375. The summed E-state index contributed by atoms with van der Waals surface area (Å²) in [6.45, 7) is 2.07. The van der Waals surface area contributed by atoms with Crippen LogP contribution in [0.4, 0.5) is 5.69 Å². The molecule has 3 aliphatic heterocycles. The van der Waals surface area contributed by atoms with Crippen molar-refractivity contribution in [3.63, 3.8) is 0 Å². The van der Waals surface area contributed by atoms with E-state index in [1.165, 1.54) is 32.1 Å². The summed E-state index contributed by atoms with van der Waals surface area (Å²) >= 11 is 0. The molecule has 3 aromatic rings. The van der Waals surface area contributed by atoms with Gasteiger partial charge in [0.1, 0.15) is 23.5 Å². The molecule has 3 heterocycles. The van der Waals surface area contributed by atoms with Gasteiger partial charge in [-0.15, -0.1) is 0 Å². The fourth-order valence-electron chi connectivity index (χ4n) is 6.73. The van der Waals surface area contributed by atoms with Crippen molar-refractivity contribution in [2.24, 2.45) is 5.92 Å². The maximum Gasteiger partial charge on any atom is 0.251 e. The second-order valence-corrected chi connectivity index (χ2v) is 11.1. The summed E-state index contributed by atoms with van der Waals surface area (Å²) in [6, 6.07) is 19.7. The molecular formula is C32H32N2O4. The van der Waals surface area contributed by atoms with Crippen molar-refractivity contribution < 1.29 is 19.1 Å². The van der Waals surface area contributed by atoms with E-state index in [2.05, 4.69) is 11.4 Å². The average molecular weight is 509 g/mol. The van der Waals surface area contributed by atoms with E-state index in [1.54, 1.807) is 0 Å². The monoisotopic (exact) mass is 508 g/mol. The molecular weight excluding hydrogens is 476 g/mol. The number of nitrogens with one attached hydrogen (secondary N) is 1. The Kier molecular flexibility index (Phi) is 5.64. The standard InChI is InChI=1S/C32H32N2O4/c35-30(33-18-21-7-2-1-3-8-21)24-10-6-9-22(15-24)19-34-27-12-5-4-11-25(27)32(31(34)36)20-38-29-17-28-23(13-14-37-28)16-26(29)32/h4-6,9-12,15-17,21H,1-3,7-8,13-14,18-20H2,(H,33,35). The van der Waals surface area contributed by atoms with Gasteiger partial charge in [0.2, 0.25) is 5.91 Å². The number of carbonyl (C=O) groups is 2. The van der Waals surface area contributed by atoms with Crippen LogP contribution < -0.4 is 19.7 Å². The molecule has 6 nitrogen and oxygen atoms in total. The van der Waals surface area contributed by atoms with Crippen LogP contribution in [0.3, 0.4) is 0 Å². The second kappa shape index (κ2) is 9.19. The number of hydrogen-bond acceptors (Lipinski definition) is 4. The number of fused-ring (bicyclic) bond motifs is 5. The van der Waals surface area contributed by atoms with Crippen molar-refractivity contribution in [3.05, 3.63) is 88.5 Å². The zero-order chi connectivity index (χ0) is 25.7. The van der Waals surface area contributed by atoms with Crippen molar-refractivity contribution in [2.75, 3.05) is 24.7 Å². The highest BCUT2D eigenvalue weighted by atomic mass is 16.5. The van der Waals surface area contributed by atoms with Crippen molar-refractivity contribution in [1.82, 2.24) is 5.32 Å². The molecule has 0 saturated heterocycles. The molecule has 4 aliphatic rings. The number of nitrogens with zero attached hydrogens (tertiary/aromatic N) is 1. The molecule has 1 fully saturated rings. The number of amides is 2. The lowest BCUT2D eigenvalue weighted by Gasteiger charge is -2.23. The second-order valence-electron chi connectivity index (χ2n) is 11.1. The summed E-state index contributed by atoms with van der Waals surface area (Å²) < 4.78 is 11.9. The molecule has 6 heteroatoms. The van der Waals surface area contributed by atoms with E-state index in [0.29, 0.717) is 24.6 Å². The van der Waals surface area contributed by atoms with Gasteiger partial charge in [0.15, 0.2) is 0 Å². The van der Waals surface area contributed by atoms with Gasteiger partial charge < -0.3 is 19.7 Å². The van der Waals surface area contributed by atoms with Gasteiger partial charge in [-0.2, -0.15) is 0 Å². The first-order valence-electron chi connectivity index (χ1n) is 13.8. The van der Waals surface area contributed by atoms with Gasteiger partial charge in [-0.3, -0.25) is 9.59 Å². The highest BCUT2D eigenvalue weighted by molar-refractivity contribution is 6.11. The summed E-state index contributed by atoms with van der Waals surface area (Å²) in [5.74, 6) is 2.14. The minimum Gasteiger partial charge on any atom is -0.493 e. The minimum atomic E-state index is -0.863. The van der Waals surface area contributed by atoms with Crippen molar-refractivity contribution in [1.29, 1.82) is 0 Å². The summed E-state index contributed by atoms with van der Waals surface area (Å²) in [6.07, 6.45) is 7.06. The van der Waals surface area contributed by atoms with E-state index in [4.69, 9.17) is 9.47 Å². The molecule has 0 bridgehead atoms. The lowest BCUT2D eigenvalue weighted by molar-refractivity contribution is -0.122. The summed E-state index contributed by atoms with van der Waals surface area (Å²) in [7, 11) is 0. The van der Waals surface area contributed by atoms with Crippen LogP contribution in [0.2, 0.25) is 0 Å². The summed E-state index contributed by atoms with van der Waals surface area (Å²) in [4.78, 5) is 29.1. The lowest BCUT2D eigenvalue weighted by Crippen LogP contribution is -2.42. The molecule has 194 valence electrons. The van der Waals surface area contributed by atoms with E-state index >= 15 is 0 Å². The highest BCUT2D eigenvalue weighted by Crippen LogP contribution is 2.54. The average Bonchev–Trinajstić information content (AvgIpc) is 3.64. The maximum absolute atomic E-state index is 14.3. The predicted octanol–water partition coefficient (Wildman–Crippen LogP) is 5.16. The van der Waals surface area contributed by atoms with Gasteiger partial charge >= 0.3 is 0 Å². The van der Waals surface area contributed by atoms with Crippen molar-refractivity contribution in [3.8, 4) is 11.5 Å². The molecule has 7 rings (SSSR count). The Morgan fingerprint density at radius 3 is 2.71 bits per heavy atom. The fourth-order valence-corrected chi connectivity index (χ4v) is 6.73. The Hall–Kier alpha value is -3.80. The lowest BCUT2D eigenvalue weighted by atomic mass is 9.76. The molecule has 0 radical (unpaired) electrons. The normalized spacial score (nSPS) is 21.6. The molecule has 1 unspecified atom stereocenters. The largest absolute Gasteiger partial charge is 0.493 e. The summed E-state index contributed by atoms with van der Waals surface area (Å²) in [5.41, 5.74) is 4.64. The Morgan fingerprint density at radius 2 is 1.82 bits per heavy atom. The highest BCUT2D eigenvalue weighted by Gasteiger charge is 2.57. The van der Waals surface area contributed by atoms with Gasteiger partial charge in [-0.1, -0.05) is 49.6 Å². The van der Waals surface area contributed by atoms with Gasteiger partial charge in [0.05, 0.1) is 13.2 Å². The first-order valence-corrected chi connectivity index (χ1v) is 13.8. The quantitative estimate of drug-likeness (QED) is 0.517. The SMILES string of the molecule is O=C(NCC1CCCCC1)c1cccc(CN2C(=O)C3(COc4cc5c(cc43)CCO5)c3ccccc32)c1. The molecule has 3 aromatic carbocycles. The number of benzene rings is 3. The number of rotatable bonds is 5. The third-order valence-corrected chi connectivity index (χ3v) is 8.77. The van der Waals surface area contributed by atoms with E-state index in [0.717, 1.165) is 52.4 Å². The zero-order valence-corrected chi connectivity index (χ0v) is 21.5. The molecule has 1 N–H and O–H groups in total. The Labute approximate surface area is 222 Å². The van der Waals surface area contributed by atoms with Crippen LogP contribution in [-0.4, -0.2) is 31.6 Å². The number of ether oxygens (including phenoxy) is 2. The molecule has 1 atom stereocenters. The van der Waals surface area contributed by atoms with Gasteiger partial charge in [-0.25, -0.2) is 0 Å². The molecule has 1 spiro atoms. The van der Waals surface area contributed by atoms with Crippen molar-refractivity contribution in [2.45, 2.75) is 50.5 Å². The third kappa shape index (κ3) is 3.69. The Morgan fingerprint density at radius 1 is 0.947 bits per heavy atom. The van der Waals surface area contributed by atoms with Crippen LogP contribution >= 0.6 is 0 Å². The van der Waals surface area contributed by atoms with Crippen LogP contribution in [0.1, 0.15) is 64.7 Å². The molecule has 2 amide bonds. The van der Waals surface area contributed by atoms with Gasteiger partial charge in [0.25, 0.3) is 5.91 Å². The molecule has 1 saturated carbocycles. The number of anilines is 1. The third-order valence-electron chi connectivity index (χ3n) is 8.77. The minimum absolute atomic E-state index is 0.0171. The van der Waals surface area contributed by atoms with E-state index in [-0.39, 0.29) is 18.4 Å². The Balaban J connectivity index is 1.16. The number of para-hydroxylation sites is 1. The number of carbonyl (C=O) groups excluding carboxylic acids is 2. The topological polar surface area (TPSA) is 67.9 Å². The van der Waals surface area contributed by atoms with Crippen molar-refractivity contribution >= 4 is 17.5 Å². The summed E-state index contributed by atoms with van der Waals surface area (Å²) in [5, 5.41) is 3.14. The van der Waals surface area contributed by atoms with Crippen LogP contribution in [0.5, 0.6) is 11.5 Å². The van der Waals surface area contributed by atoms with Crippen LogP contribution in [0.25, 0.3) is 0 Å². The van der Waals surface area contributed by atoms with Gasteiger partial charge in [-0.05, 0) is 59.7 Å². The Bertz CT molecular complexity index is 1430.